The fourth-order valence-corrected chi connectivity index (χ4v) is 3.41. The Labute approximate surface area is 150 Å². The van der Waals surface area contributed by atoms with Gasteiger partial charge in [0.25, 0.3) is 0 Å². The molecule has 2 heterocycles. The van der Waals surface area contributed by atoms with Crippen LogP contribution in [0, 0.1) is 19.8 Å². The molecule has 1 aromatic carbocycles. The summed E-state index contributed by atoms with van der Waals surface area (Å²) >= 11 is 0. The maximum Gasteiger partial charge on any atom is 0.198 e. The highest BCUT2D eigenvalue weighted by molar-refractivity contribution is 5.97. The second kappa shape index (κ2) is 7.72. The average Bonchev–Trinajstić information content (AvgIpc) is 3.15. The number of nitrogens with zero attached hydrogens (tertiary/aromatic N) is 4. The lowest BCUT2D eigenvalue weighted by Crippen LogP contribution is -2.41. The van der Waals surface area contributed by atoms with Gasteiger partial charge in [0.1, 0.15) is 0 Å². The standard InChI is InChI=1S/C20H29N5/c1-5-21-20(24-11-10-18-8-6-7-9-19(18)24)22-13-15(2)14-25-17(4)12-16(3)23-25/h6-9,12,15H,5,10-11,13-14H2,1-4H3,(H,21,22). The smallest absolute Gasteiger partial charge is 0.198 e. The maximum atomic E-state index is 4.92. The van der Waals surface area contributed by atoms with E-state index in [-0.39, 0.29) is 0 Å². The van der Waals surface area contributed by atoms with Crippen molar-refractivity contribution in [3.05, 3.63) is 47.3 Å². The topological polar surface area (TPSA) is 45.5 Å². The van der Waals surface area contributed by atoms with Gasteiger partial charge in [-0.3, -0.25) is 9.67 Å². The first-order valence-corrected chi connectivity index (χ1v) is 9.23. The van der Waals surface area contributed by atoms with Gasteiger partial charge in [0.05, 0.1) is 5.69 Å². The van der Waals surface area contributed by atoms with Crippen LogP contribution in [-0.2, 0) is 13.0 Å². The summed E-state index contributed by atoms with van der Waals surface area (Å²) in [6, 6.07) is 10.7. The van der Waals surface area contributed by atoms with Crippen LogP contribution in [0.5, 0.6) is 0 Å². The molecular weight excluding hydrogens is 310 g/mol. The van der Waals surface area contributed by atoms with Crippen LogP contribution in [0.4, 0.5) is 5.69 Å². The van der Waals surface area contributed by atoms with E-state index in [0.29, 0.717) is 5.92 Å². The average molecular weight is 339 g/mol. The summed E-state index contributed by atoms with van der Waals surface area (Å²) in [5, 5.41) is 8.02. The Bertz CT molecular complexity index is 746. The number of hydrogen-bond donors (Lipinski definition) is 1. The van der Waals surface area contributed by atoms with Crippen molar-refractivity contribution in [3.8, 4) is 0 Å². The van der Waals surface area contributed by atoms with Crippen molar-refractivity contribution in [3.63, 3.8) is 0 Å². The summed E-state index contributed by atoms with van der Waals surface area (Å²) in [4.78, 5) is 7.23. The van der Waals surface area contributed by atoms with E-state index in [2.05, 4.69) is 71.1 Å². The third-order valence-corrected chi connectivity index (χ3v) is 4.62. The molecule has 0 saturated heterocycles. The van der Waals surface area contributed by atoms with E-state index in [9.17, 15) is 0 Å². The SMILES string of the molecule is CCNC(=NCC(C)Cn1nc(C)cc1C)N1CCc2ccccc21. The monoisotopic (exact) mass is 339 g/mol. The zero-order valence-corrected chi connectivity index (χ0v) is 15.8. The van der Waals surface area contributed by atoms with Crippen molar-refractivity contribution in [2.45, 2.75) is 40.7 Å². The molecule has 0 fully saturated rings. The van der Waals surface area contributed by atoms with Crippen molar-refractivity contribution >= 4 is 11.6 Å². The first-order valence-electron chi connectivity index (χ1n) is 9.23. The van der Waals surface area contributed by atoms with Crippen LogP contribution in [0.25, 0.3) is 0 Å². The first-order chi connectivity index (χ1) is 12.1. The number of nitrogens with one attached hydrogen (secondary N) is 1. The highest BCUT2D eigenvalue weighted by Crippen LogP contribution is 2.27. The number of rotatable bonds is 5. The van der Waals surface area contributed by atoms with Gasteiger partial charge >= 0.3 is 0 Å². The van der Waals surface area contributed by atoms with E-state index < -0.39 is 0 Å². The van der Waals surface area contributed by atoms with Gasteiger partial charge in [0.2, 0.25) is 0 Å². The van der Waals surface area contributed by atoms with Gasteiger partial charge in [0, 0.05) is 37.6 Å². The Hall–Kier alpha value is -2.30. The lowest BCUT2D eigenvalue weighted by molar-refractivity contribution is 0.450. The summed E-state index contributed by atoms with van der Waals surface area (Å²) in [5.74, 6) is 1.43. The third kappa shape index (κ3) is 4.03. The van der Waals surface area contributed by atoms with Crippen molar-refractivity contribution in [1.82, 2.24) is 15.1 Å². The maximum absolute atomic E-state index is 4.92. The number of guanidine groups is 1. The molecule has 134 valence electrons. The van der Waals surface area contributed by atoms with E-state index >= 15 is 0 Å². The number of benzene rings is 1. The first kappa shape index (κ1) is 17.5. The van der Waals surface area contributed by atoms with Crippen LogP contribution in [-0.4, -0.2) is 35.4 Å². The zero-order valence-electron chi connectivity index (χ0n) is 15.8. The highest BCUT2D eigenvalue weighted by atomic mass is 15.3. The quantitative estimate of drug-likeness (QED) is 0.672. The largest absolute Gasteiger partial charge is 0.356 e. The van der Waals surface area contributed by atoms with Crippen molar-refractivity contribution in [2.24, 2.45) is 10.9 Å². The Morgan fingerprint density at radius 1 is 1.32 bits per heavy atom. The molecule has 0 saturated carbocycles. The molecule has 1 unspecified atom stereocenters. The van der Waals surface area contributed by atoms with Gasteiger partial charge in [0.15, 0.2) is 5.96 Å². The van der Waals surface area contributed by atoms with Crippen LogP contribution in [0.2, 0.25) is 0 Å². The fourth-order valence-electron chi connectivity index (χ4n) is 3.41. The van der Waals surface area contributed by atoms with Crippen LogP contribution >= 0.6 is 0 Å². The molecule has 1 N–H and O–H groups in total. The zero-order chi connectivity index (χ0) is 17.8. The van der Waals surface area contributed by atoms with Gasteiger partial charge in [-0.25, -0.2) is 0 Å². The fraction of sp³-hybridized carbons (Fsp3) is 0.500. The van der Waals surface area contributed by atoms with Crippen LogP contribution in [0.15, 0.2) is 35.3 Å². The van der Waals surface area contributed by atoms with E-state index in [1.807, 2.05) is 6.92 Å². The number of aromatic nitrogens is 2. The van der Waals surface area contributed by atoms with Gasteiger partial charge in [-0.15, -0.1) is 0 Å². The van der Waals surface area contributed by atoms with Gasteiger partial charge in [-0.05, 0) is 50.8 Å². The molecule has 5 nitrogen and oxygen atoms in total. The molecule has 0 spiro atoms. The molecule has 0 aliphatic carbocycles. The molecule has 0 amide bonds. The predicted molar refractivity (Wildman–Crippen MR) is 104 cm³/mol. The molecule has 0 radical (unpaired) electrons. The minimum atomic E-state index is 0.435. The van der Waals surface area contributed by atoms with Gasteiger partial charge in [-0.1, -0.05) is 25.1 Å². The molecule has 3 rings (SSSR count). The number of para-hydroxylation sites is 1. The van der Waals surface area contributed by atoms with Crippen molar-refractivity contribution < 1.29 is 0 Å². The Morgan fingerprint density at radius 3 is 2.84 bits per heavy atom. The normalized spacial score (nSPS) is 15.4. The summed E-state index contributed by atoms with van der Waals surface area (Å²) in [7, 11) is 0. The number of aliphatic imine (C=N–C) groups is 1. The molecular formula is C20H29N5. The molecule has 2 aromatic rings. The highest BCUT2D eigenvalue weighted by Gasteiger charge is 2.22. The minimum Gasteiger partial charge on any atom is -0.356 e. The lowest BCUT2D eigenvalue weighted by Gasteiger charge is -2.23. The summed E-state index contributed by atoms with van der Waals surface area (Å²) in [5.41, 5.74) is 4.99. The Morgan fingerprint density at radius 2 is 2.12 bits per heavy atom. The molecule has 0 bridgehead atoms. The number of hydrogen-bond acceptors (Lipinski definition) is 2. The Kier molecular flexibility index (Phi) is 5.41. The van der Waals surface area contributed by atoms with E-state index in [4.69, 9.17) is 4.99 Å². The third-order valence-electron chi connectivity index (χ3n) is 4.62. The minimum absolute atomic E-state index is 0.435. The second-order valence-corrected chi connectivity index (χ2v) is 6.94. The van der Waals surface area contributed by atoms with E-state index in [1.54, 1.807) is 0 Å². The number of fused-ring (bicyclic) bond motifs is 1. The molecule has 25 heavy (non-hydrogen) atoms. The van der Waals surface area contributed by atoms with E-state index in [1.165, 1.54) is 16.9 Å². The number of aryl methyl sites for hydroxylation is 2. The van der Waals surface area contributed by atoms with Crippen molar-refractivity contribution in [2.75, 3.05) is 24.5 Å². The van der Waals surface area contributed by atoms with Crippen LogP contribution in [0.3, 0.4) is 0 Å². The van der Waals surface area contributed by atoms with Crippen LogP contribution < -0.4 is 10.2 Å². The lowest BCUT2D eigenvalue weighted by atomic mass is 10.2. The number of anilines is 1. The summed E-state index contributed by atoms with van der Waals surface area (Å²) < 4.78 is 2.09. The van der Waals surface area contributed by atoms with Crippen molar-refractivity contribution in [1.29, 1.82) is 0 Å². The van der Waals surface area contributed by atoms with Gasteiger partial charge in [-0.2, -0.15) is 5.10 Å². The van der Waals surface area contributed by atoms with Crippen LogP contribution in [0.1, 0.15) is 30.8 Å². The molecule has 5 heteroatoms. The molecule has 1 atom stereocenters. The second-order valence-electron chi connectivity index (χ2n) is 6.94. The molecule has 1 aliphatic rings. The molecule has 1 aliphatic heterocycles. The van der Waals surface area contributed by atoms with Gasteiger partial charge < -0.3 is 10.2 Å². The molecule has 1 aromatic heterocycles. The summed E-state index contributed by atoms with van der Waals surface area (Å²) in [6.45, 7) is 12.1. The summed E-state index contributed by atoms with van der Waals surface area (Å²) in [6.07, 6.45) is 1.09. The van der Waals surface area contributed by atoms with E-state index in [0.717, 1.165) is 44.3 Å². The Balaban J connectivity index is 1.69. The predicted octanol–water partition coefficient (Wildman–Crippen LogP) is 3.16.